The number of hydrogen-bond donors (Lipinski definition) is 5. The number of nitrogens with zero attached hydrogens (tertiary/aromatic N) is 5. The molecule has 4 aromatic rings. The van der Waals surface area contributed by atoms with Crippen LogP contribution in [0.2, 0.25) is 0 Å². The normalized spacial score (nSPS) is 14.2. The summed E-state index contributed by atoms with van der Waals surface area (Å²) in [6, 6.07) is 22.8. The van der Waals surface area contributed by atoms with Gasteiger partial charge in [-0.3, -0.25) is 14.8 Å². The van der Waals surface area contributed by atoms with Gasteiger partial charge in [-0.05, 0) is 90.0 Å². The highest BCUT2D eigenvalue weighted by atomic mass is 32.2. The van der Waals surface area contributed by atoms with E-state index in [-0.39, 0.29) is 27.5 Å². The third kappa shape index (κ3) is 7.60. The molecule has 0 amide bonds. The number of carbonyl (C=O) groups is 2. The van der Waals surface area contributed by atoms with Gasteiger partial charge >= 0.3 is 5.97 Å². The van der Waals surface area contributed by atoms with Crippen molar-refractivity contribution in [3.63, 3.8) is 0 Å². The van der Waals surface area contributed by atoms with Gasteiger partial charge in [0.2, 0.25) is 0 Å². The minimum atomic E-state index is -4.32. The number of hydrogen-bond acceptors (Lipinski definition) is 12. The predicted molar refractivity (Wildman–Crippen MR) is 173 cm³/mol. The molecule has 0 aliphatic heterocycles. The lowest BCUT2D eigenvalue weighted by Crippen LogP contribution is -2.15. The first-order chi connectivity index (χ1) is 22.0. The zero-order chi connectivity index (χ0) is 32.8. The third-order valence-electron chi connectivity index (χ3n) is 6.45. The van der Waals surface area contributed by atoms with Gasteiger partial charge in [0.15, 0.2) is 5.78 Å². The Bertz CT molecular complexity index is 2090. The Morgan fingerprint density at radius 1 is 0.717 bits per heavy atom. The smallest absolute Gasteiger partial charge is 0.339 e. The second kappa shape index (κ2) is 13.1. The first-order valence-electron chi connectivity index (χ1n) is 13.3. The summed E-state index contributed by atoms with van der Waals surface area (Å²) in [5, 5.41) is 29.9. The van der Waals surface area contributed by atoms with E-state index in [2.05, 4.69) is 31.0 Å². The summed E-state index contributed by atoms with van der Waals surface area (Å²) in [4.78, 5) is 22.5. The van der Waals surface area contributed by atoms with Crippen LogP contribution in [-0.2, 0) is 19.7 Å². The van der Waals surface area contributed by atoms with Crippen LogP contribution in [0.1, 0.15) is 0 Å². The quantitative estimate of drug-likeness (QED) is 0.0335. The van der Waals surface area contributed by atoms with E-state index >= 15 is 0 Å². The number of hydrazone groups is 1. The van der Waals surface area contributed by atoms with E-state index < -0.39 is 21.9 Å². The van der Waals surface area contributed by atoms with Gasteiger partial charge in [-0.2, -0.15) is 23.7 Å². The number of nitrogens with one attached hydrogen (secondary N) is 1. The molecule has 1 aliphatic rings. The van der Waals surface area contributed by atoms with Crippen LogP contribution < -0.4 is 16.9 Å². The minimum absolute atomic E-state index is 0.249. The molecule has 15 heteroatoms. The molecule has 0 aromatic heterocycles. The van der Waals surface area contributed by atoms with E-state index in [1.54, 1.807) is 24.3 Å². The SMILES string of the molecule is Nc1cc(N)c(N=Nc2ccc(S(=O)(=O)O)cc2)cc1N=Nc1ccc(-c2ccc(N/N=C3/C=CC(=O)C(C(=O)O)=C3)cc2)cc1. The number of anilines is 3. The minimum Gasteiger partial charge on any atom is -0.478 e. The Labute approximate surface area is 262 Å². The zero-order valence-corrected chi connectivity index (χ0v) is 24.5. The lowest BCUT2D eigenvalue weighted by atomic mass is 10.0. The van der Waals surface area contributed by atoms with Crippen LogP contribution in [0.3, 0.4) is 0 Å². The maximum atomic E-state index is 11.6. The molecule has 0 bridgehead atoms. The number of carboxylic acid groups (broad SMARTS) is 1. The highest BCUT2D eigenvalue weighted by Gasteiger charge is 2.18. The van der Waals surface area contributed by atoms with Crippen LogP contribution in [0, 0.1) is 0 Å². The van der Waals surface area contributed by atoms with Crippen molar-refractivity contribution in [2.45, 2.75) is 4.90 Å². The Morgan fingerprint density at radius 3 is 1.76 bits per heavy atom. The van der Waals surface area contributed by atoms with Gasteiger partial charge in [0, 0.05) is 0 Å². The number of aliphatic carboxylic acids is 1. The number of azo groups is 2. The molecule has 0 saturated heterocycles. The molecule has 0 heterocycles. The molecule has 4 aromatic carbocycles. The van der Waals surface area contributed by atoms with Crippen LogP contribution in [-0.4, -0.2) is 35.5 Å². The fraction of sp³-hybridized carbons (Fsp3) is 0. The number of carbonyl (C=O) groups excluding carboxylic acids is 1. The molecule has 0 fully saturated rings. The van der Waals surface area contributed by atoms with Gasteiger partial charge in [-0.15, -0.1) is 10.2 Å². The number of benzene rings is 4. The highest BCUT2D eigenvalue weighted by Crippen LogP contribution is 2.35. The maximum Gasteiger partial charge on any atom is 0.339 e. The second-order valence-electron chi connectivity index (χ2n) is 9.67. The molecule has 0 spiro atoms. The van der Waals surface area contributed by atoms with Crippen LogP contribution in [0.25, 0.3) is 11.1 Å². The standard InChI is InChI=1S/C31H24N8O6S/c32-26-16-27(33)29(39-36-22-9-12-24(13-10-22)46(43,44)45)17-28(26)38-35-21-7-3-19(4-8-21)18-1-5-20(6-2-18)34-37-23-11-14-30(40)25(15-23)31(41)42/h1-17,34H,32-33H2,(H,41,42)(H,43,44,45)/b37-23-,38-35?,39-36?. The zero-order valence-electron chi connectivity index (χ0n) is 23.6. The molecule has 5 rings (SSSR count). The fourth-order valence-corrected chi connectivity index (χ4v) is 4.51. The molecule has 0 radical (unpaired) electrons. The lowest BCUT2D eigenvalue weighted by Gasteiger charge is -2.07. The molecule has 0 atom stereocenters. The van der Waals surface area contributed by atoms with Gasteiger partial charge in [0.1, 0.15) is 16.9 Å². The fourth-order valence-electron chi connectivity index (χ4n) is 4.03. The van der Waals surface area contributed by atoms with Crippen molar-refractivity contribution in [1.82, 2.24) is 0 Å². The molecule has 1 aliphatic carbocycles. The maximum absolute atomic E-state index is 11.6. The van der Waals surface area contributed by atoms with Crippen molar-refractivity contribution >= 4 is 67.4 Å². The van der Waals surface area contributed by atoms with Crippen molar-refractivity contribution in [1.29, 1.82) is 0 Å². The number of ketones is 1. The number of nitrogen functional groups attached to an aromatic ring is 2. The van der Waals surface area contributed by atoms with Gasteiger partial charge in [-0.1, -0.05) is 24.3 Å². The molecule has 46 heavy (non-hydrogen) atoms. The summed E-state index contributed by atoms with van der Waals surface area (Å²) < 4.78 is 31.5. The lowest BCUT2D eigenvalue weighted by molar-refractivity contribution is -0.134. The summed E-state index contributed by atoms with van der Waals surface area (Å²) in [5.41, 5.74) is 19.4. The Balaban J connectivity index is 1.24. The average molecular weight is 637 g/mol. The number of carboxylic acids is 1. The van der Waals surface area contributed by atoms with Crippen molar-refractivity contribution in [3.8, 4) is 11.1 Å². The third-order valence-corrected chi connectivity index (χ3v) is 7.32. The van der Waals surface area contributed by atoms with E-state index in [0.29, 0.717) is 28.5 Å². The Kier molecular flexibility index (Phi) is 8.88. The van der Waals surface area contributed by atoms with Crippen LogP contribution in [0.15, 0.2) is 139 Å². The summed E-state index contributed by atoms with van der Waals surface area (Å²) in [7, 11) is -4.32. The summed E-state index contributed by atoms with van der Waals surface area (Å²) in [5.74, 6) is -1.90. The second-order valence-corrected chi connectivity index (χ2v) is 11.1. The molecular weight excluding hydrogens is 612 g/mol. The molecule has 7 N–H and O–H groups in total. The van der Waals surface area contributed by atoms with Crippen LogP contribution in [0.5, 0.6) is 0 Å². The first-order valence-corrected chi connectivity index (χ1v) is 14.7. The van der Waals surface area contributed by atoms with Gasteiger partial charge in [-0.25, -0.2) is 4.79 Å². The molecular formula is C31H24N8O6S. The molecule has 0 saturated carbocycles. The van der Waals surface area contributed by atoms with E-state index in [0.717, 1.165) is 17.2 Å². The van der Waals surface area contributed by atoms with Gasteiger partial charge in [0.05, 0.1) is 39.0 Å². The van der Waals surface area contributed by atoms with Gasteiger partial charge in [0.25, 0.3) is 10.1 Å². The largest absolute Gasteiger partial charge is 0.478 e. The van der Waals surface area contributed by atoms with E-state index in [1.165, 1.54) is 48.6 Å². The number of nitrogens with two attached hydrogens (primary N) is 2. The van der Waals surface area contributed by atoms with Crippen LogP contribution >= 0.6 is 0 Å². The van der Waals surface area contributed by atoms with Crippen molar-refractivity contribution in [2.24, 2.45) is 25.6 Å². The monoisotopic (exact) mass is 636 g/mol. The van der Waals surface area contributed by atoms with E-state index in [1.807, 2.05) is 24.3 Å². The van der Waals surface area contributed by atoms with E-state index in [4.69, 9.17) is 21.1 Å². The summed E-state index contributed by atoms with van der Waals surface area (Å²) >= 11 is 0. The van der Waals surface area contributed by atoms with Crippen molar-refractivity contribution in [3.05, 3.63) is 109 Å². The predicted octanol–water partition coefficient (Wildman–Crippen LogP) is 6.51. The highest BCUT2D eigenvalue weighted by molar-refractivity contribution is 7.85. The van der Waals surface area contributed by atoms with E-state index in [9.17, 15) is 18.0 Å². The topological polar surface area (TPSA) is 235 Å². The number of allylic oxidation sites excluding steroid dienone is 3. The van der Waals surface area contributed by atoms with Crippen molar-refractivity contribution < 1.29 is 27.7 Å². The van der Waals surface area contributed by atoms with Crippen LogP contribution in [0.4, 0.5) is 39.8 Å². The number of rotatable bonds is 9. The molecule has 0 unspecified atom stereocenters. The Hall–Kier alpha value is -6.32. The van der Waals surface area contributed by atoms with Gasteiger partial charge < -0.3 is 16.6 Å². The summed E-state index contributed by atoms with van der Waals surface area (Å²) in [6.07, 6.45) is 3.80. The molecule has 230 valence electrons. The molecule has 14 nitrogen and oxygen atoms in total. The first kappa shape index (κ1) is 31.1. The van der Waals surface area contributed by atoms with Crippen molar-refractivity contribution in [2.75, 3.05) is 16.9 Å². The summed E-state index contributed by atoms with van der Waals surface area (Å²) in [6.45, 7) is 0. The Morgan fingerprint density at radius 2 is 1.24 bits per heavy atom. The average Bonchev–Trinajstić information content (AvgIpc) is 3.03.